The summed E-state index contributed by atoms with van der Waals surface area (Å²) in [7, 11) is -2.32. The number of hydrogen-bond donors (Lipinski definition) is 1. The summed E-state index contributed by atoms with van der Waals surface area (Å²) in [5, 5.41) is 11.8. The van der Waals surface area contributed by atoms with E-state index in [-0.39, 0.29) is 22.4 Å². The first-order chi connectivity index (χ1) is 14.3. The van der Waals surface area contributed by atoms with Crippen molar-refractivity contribution >= 4 is 33.2 Å². The van der Waals surface area contributed by atoms with Crippen LogP contribution in [0.1, 0.15) is 18.4 Å². The van der Waals surface area contributed by atoms with Crippen molar-refractivity contribution in [2.24, 2.45) is 5.92 Å². The van der Waals surface area contributed by atoms with Crippen LogP contribution in [-0.4, -0.2) is 38.8 Å². The number of hydrogen-bond acceptors (Lipinski definition) is 5. The van der Waals surface area contributed by atoms with Crippen LogP contribution < -0.4 is 10.1 Å². The van der Waals surface area contributed by atoms with Crippen LogP contribution in [0, 0.1) is 17.2 Å². The normalized spacial score (nSPS) is 17.2. The zero-order chi connectivity index (χ0) is 21.7. The van der Waals surface area contributed by atoms with Crippen molar-refractivity contribution in [3.8, 4) is 11.8 Å². The van der Waals surface area contributed by atoms with E-state index in [0.29, 0.717) is 37.2 Å². The summed E-state index contributed by atoms with van der Waals surface area (Å²) in [4.78, 5) is 12.8. The number of nitrogens with zero attached hydrogens (tertiary/aromatic N) is 2. The molecule has 1 aliphatic heterocycles. The van der Waals surface area contributed by atoms with Gasteiger partial charge >= 0.3 is 0 Å². The molecule has 1 saturated heterocycles. The molecule has 7 nitrogen and oxygen atoms in total. The molecule has 1 heterocycles. The van der Waals surface area contributed by atoms with Crippen molar-refractivity contribution in [3.63, 3.8) is 0 Å². The van der Waals surface area contributed by atoms with Gasteiger partial charge in [-0.1, -0.05) is 23.7 Å². The smallest absolute Gasteiger partial charge is 0.243 e. The van der Waals surface area contributed by atoms with Crippen molar-refractivity contribution in [2.75, 3.05) is 25.5 Å². The SMILES string of the molecule is COc1ccc(S(=O)(=O)N2CCC[C@H](C(=O)Nc3ccc(CC#N)cc3)C2)cc1Cl. The quantitative estimate of drug-likeness (QED) is 0.731. The first kappa shape index (κ1) is 22.1. The third-order valence-corrected chi connectivity index (χ3v) is 7.18. The minimum absolute atomic E-state index is 0.0717. The van der Waals surface area contributed by atoms with Gasteiger partial charge < -0.3 is 10.1 Å². The van der Waals surface area contributed by atoms with E-state index in [0.717, 1.165) is 5.56 Å². The van der Waals surface area contributed by atoms with E-state index in [9.17, 15) is 13.2 Å². The molecule has 1 fully saturated rings. The monoisotopic (exact) mass is 447 g/mol. The molecule has 0 aromatic heterocycles. The highest BCUT2D eigenvalue weighted by atomic mass is 35.5. The summed E-state index contributed by atoms with van der Waals surface area (Å²) in [6.45, 7) is 0.447. The largest absolute Gasteiger partial charge is 0.495 e. The number of benzene rings is 2. The lowest BCUT2D eigenvalue weighted by atomic mass is 9.98. The highest BCUT2D eigenvalue weighted by Crippen LogP contribution is 2.30. The Labute approximate surface area is 181 Å². The second kappa shape index (κ2) is 9.47. The van der Waals surface area contributed by atoms with Gasteiger partial charge in [-0.15, -0.1) is 0 Å². The number of amides is 1. The number of sulfonamides is 1. The molecule has 0 radical (unpaired) electrons. The lowest BCUT2D eigenvalue weighted by Gasteiger charge is -2.31. The van der Waals surface area contributed by atoms with Gasteiger partial charge in [0.25, 0.3) is 0 Å². The Bertz CT molecular complexity index is 1060. The van der Waals surface area contributed by atoms with Gasteiger partial charge in [-0.05, 0) is 48.7 Å². The molecular weight excluding hydrogens is 426 g/mol. The van der Waals surface area contributed by atoms with Crippen LogP contribution in [-0.2, 0) is 21.2 Å². The van der Waals surface area contributed by atoms with E-state index in [4.69, 9.17) is 21.6 Å². The van der Waals surface area contributed by atoms with Crippen molar-refractivity contribution in [1.29, 1.82) is 5.26 Å². The molecule has 1 atom stereocenters. The molecule has 0 spiro atoms. The van der Waals surface area contributed by atoms with E-state index >= 15 is 0 Å². The zero-order valence-electron chi connectivity index (χ0n) is 16.5. The first-order valence-electron chi connectivity index (χ1n) is 9.45. The number of halogens is 1. The molecule has 158 valence electrons. The molecule has 9 heteroatoms. The lowest BCUT2D eigenvalue weighted by Crippen LogP contribution is -2.43. The van der Waals surface area contributed by atoms with E-state index in [1.54, 1.807) is 24.3 Å². The highest BCUT2D eigenvalue weighted by molar-refractivity contribution is 7.89. The van der Waals surface area contributed by atoms with Gasteiger partial charge in [0, 0.05) is 18.8 Å². The number of carbonyl (C=O) groups excluding carboxylic acids is 1. The summed E-state index contributed by atoms with van der Waals surface area (Å²) in [6.07, 6.45) is 1.50. The van der Waals surface area contributed by atoms with E-state index in [2.05, 4.69) is 11.4 Å². The summed E-state index contributed by atoms with van der Waals surface area (Å²) < 4.78 is 32.5. The van der Waals surface area contributed by atoms with Gasteiger partial charge in [0.2, 0.25) is 15.9 Å². The van der Waals surface area contributed by atoms with Gasteiger partial charge in [-0.3, -0.25) is 4.79 Å². The number of piperidine rings is 1. The van der Waals surface area contributed by atoms with Crippen molar-refractivity contribution < 1.29 is 17.9 Å². The van der Waals surface area contributed by atoms with Gasteiger partial charge in [-0.2, -0.15) is 9.57 Å². The van der Waals surface area contributed by atoms with E-state index in [1.165, 1.54) is 29.6 Å². The molecule has 0 bridgehead atoms. The Kier molecular flexibility index (Phi) is 6.98. The third kappa shape index (κ3) is 4.93. The predicted molar refractivity (Wildman–Crippen MR) is 114 cm³/mol. The molecule has 0 aliphatic carbocycles. The topological polar surface area (TPSA) is 99.5 Å². The molecule has 2 aromatic carbocycles. The third-order valence-electron chi connectivity index (χ3n) is 5.02. The predicted octanol–water partition coefficient (Wildman–Crippen LogP) is 3.45. The molecule has 3 rings (SSSR count). The van der Waals surface area contributed by atoms with Gasteiger partial charge in [0.1, 0.15) is 5.75 Å². The fourth-order valence-electron chi connectivity index (χ4n) is 3.37. The summed E-state index contributed by atoms with van der Waals surface area (Å²) in [5.74, 6) is -0.288. The van der Waals surface area contributed by atoms with Crippen molar-refractivity contribution in [3.05, 3.63) is 53.1 Å². The minimum atomic E-state index is -3.78. The maximum atomic E-state index is 13.0. The zero-order valence-corrected chi connectivity index (χ0v) is 18.0. The highest BCUT2D eigenvalue weighted by Gasteiger charge is 2.33. The Hall–Kier alpha value is -2.60. The van der Waals surface area contributed by atoms with Gasteiger partial charge in [-0.25, -0.2) is 8.42 Å². The second-order valence-corrected chi connectivity index (χ2v) is 9.36. The number of carbonyl (C=O) groups is 1. The fraction of sp³-hybridized carbons (Fsp3) is 0.333. The van der Waals surface area contributed by atoms with Crippen LogP contribution in [0.2, 0.25) is 5.02 Å². The Morgan fingerprint density at radius 2 is 2.03 bits per heavy atom. The maximum absolute atomic E-state index is 13.0. The number of nitrogens with one attached hydrogen (secondary N) is 1. The van der Waals surface area contributed by atoms with Crippen LogP contribution in [0.25, 0.3) is 0 Å². The molecule has 0 saturated carbocycles. The number of anilines is 1. The van der Waals surface area contributed by atoms with Gasteiger partial charge in [0.05, 0.1) is 35.4 Å². The molecule has 0 unspecified atom stereocenters. The molecule has 30 heavy (non-hydrogen) atoms. The summed E-state index contributed by atoms with van der Waals surface area (Å²) in [6, 6.07) is 13.4. The maximum Gasteiger partial charge on any atom is 0.243 e. The Morgan fingerprint density at radius 1 is 1.30 bits per heavy atom. The standard InChI is InChI=1S/C21H22ClN3O4S/c1-29-20-9-8-18(13-19(20)22)30(27,28)25-12-2-3-16(14-25)21(26)24-17-6-4-15(5-7-17)10-11-23/h4-9,13,16H,2-3,10,12,14H2,1H3,(H,24,26)/t16-/m0/s1. The van der Waals surface area contributed by atoms with E-state index in [1.807, 2.05) is 0 Å². The molecule has 1 aliphatic rings. The van der Waals surface area contributed by atoms with E-state index < -0.39 is 15.9 Å². The van der Waals surface area contributed by atoms with Crippen LogP contribution in [0.15, 0.2) is 47.4 Å². The number of rotatable bonds is 6. The summed E-state index contributed by atoms with van der Waals surface area (Å²) >= 11 is 6.08. The molecule has 2 aromatic rings. The van der Waals surface area contributed by atoms with Crippen molar-refractivity contribution in [1.82, 2.24) is 4.31 Å². The van der Waals surface area contributed by atoms with Crippen LogP contribution >= 0.6 is 11.6 Å². The Morgan fingerprint density at radius 3 is 2.67 bits per heavy atom. The fourth-order valence-corrected chi connectivity index (χ4v) is 5.25. The number of ether oxygens (including phenoxy) is 1. The van der Waals surface area contributed by atoms with Crippen LogP contribution in [0.3, 0.4) is 0 Å². The average molecular weight is 448 g/mol. The average Bonchev–Trinajstić information content (AvgIpc) is 2.75. The molecular formula is C21H22ClN3O4S. The summed E-state index contributed by atoms with van der Waals surface area (Å²) in [5.41, 5.74) is 1.48. The Balaban J connectivity index is 1.70. The molecule has 1 N–H and O–H groups in total. The van der Waals surface area contributed by atoms with Gasteiger partial charge in [0.15, 0.2) is 0 Å². The minimum Gasteiger partial charge on any atom is -0.495 e. The van der Waals surface area contributed by atoms with Crippen LogP contribution in [0.4, 0.5) is 5.69 Å². The van der Waals surface area contributed by atoms with Crippen LogP contribution in [0.5, 0.6) is 5.75 Å². The molecule has 1 amide bonds. The first-order valence-corrected chi connectivity index (χ1v) is 11.3. The lowest BCUT2D eigenvalue weighted by molar-refractivity contribution is -0.120. The number of nitriles is 1. The van der Waals surface area contributed by atoms with Crippen molar-refractivity contribution in [2.45, 2.75) is 24.2 Å². The number of methoxy groups -OCH3 is 1. The second-order valence-electron chi connectivity index (χ2n) is 7.02.